The lowest BCUT2D eigenvalue weighted by Crippen LogP contribution is -2.67. The van der Waals surface area contributed by atoms with Crippen LogP contribution in [0.5, 0.6) is 0 Å². The standard InChI is InChI=1S/C11H18N2O3/c1-11(2)10(16)12-5-6-13(11)8-4-3-7(8)9(14)15/h7-8H,3-6H2,1-2H3,(H,12,16)(H,14,15). The van der Waals surface area contributed by atoms with Crippen LogP contribution in [0.3, 0.4) is 0 Å². The van der Waals surface area contributed by atoms with E-state index in [4.69, 9.17) is 5.11 Å². The number of hydrogen-bond acceptors (Lipinski definition) is 3. The maximum absolute atomic E-state index is 11.7. The quantitative estimate of drug-likeness (QED) is 0.698. The minimum absolute atomic E-state index is 0.00483. The fourth-order valence-electron chi connectivity index (χ4n) is 2.64. The largest absolute Gasteiger partial charge is 0.481 e. The second kappa shape index (κ2) is 3.73. The molecule has 5 heteroatoms. The number of carboxylic acid groups (broad SMARTS) is 1. The zero-order chi connectivity index (χ0) is 11.9. The van der Waals surface area contributed by atoms with Gasteiger partial charge in [-0.3, -0.25) is 14.5 Å². The third-order valence-corrected chi connectivity index (χ3v) is 3.87. The summed E-state index contributed by atoms with van der Waals surface area (Å²) in [6.07, 6.45) is 1.61. The van der Waals surface area contributed by atoms with Gasteiger partial charge in [-0.05, 0) is 26.7 Å². The number of nitrogens with one attached hydrogen (secondary N) is 1. The average Bonchev–Trinajstić information content (AvgIpc) is 2.10. The first-order chi connectivity index (χ1) is 7.44. The fraction of sp³-hybridized carbons (Fsp3) is 0.818. The summed E-state index contributed by atoms with van der Waals surface area (Å²) in [5.41, 5.74) is -0.586. The molecule has 1 saturated heterocycles. The maximum atomic E-state index is 11.7. The van der Waals surface area contributed by atoms with Crippen LogP contribution in [0, 0.1) is 5.92 Å². The van der Waals surface area contributed by atoms with Gasteiger partial charge in [0.2, 0.25) is 5.91 Å². The molecule has 0 aromatic heterocycles. The molecule has 1 amide bonds. The topological polar surface area (TPSA) is 69.6 Å². The molecule has 90 valence electrons. The van der Waals surface area contributed by atoms with Crippen LogP contribution < -0.4 is 5.32 Å². The third kappa shape index (κ3) is 1.59. The molecular formula is C11H18N2O3. The van der Waals surface area contributed by atoms with Crippen LogP contribution in [0.4, 0.5) is 0 Å². The van der Waals surface area contributed by atoms with Gasteiger partial charge in [0.1, 0.15) is 0 Å². The van der Waals surface area contributed by atoms with Crippen molar-refractivity contribution >= 4 is 11.9 Å². The van der Waals surface area contributed by atoms with E-state index in [0.29, 0.717) is 6.54 Å². The highest BCUT2D eigenvalue weighted by atomic mass is 16.4. The van der Waals surface area contributed by atoms with E-state index in [1.807, 2.05) is 18.7 Å². The van der Waals surface area contributed by atoms with Gasteiger partial charge < -0.3 is 10.4 Å². The van der Waals surface area contributed by atoms with Gasteiger partial charge in [-0.25, -0.2) is 0 Å². The van der Waals surface area contributed by atoms with Gasteiger partial charge in [-0.15, -0.1) is 0 Å². The summed E-state index contributed by atoms with van der Waals surface area (Å²) in [7, 11) is 0. The number of rotatable bonds is 2. The molecule has 16 heavy (non-hydrogen) atoms. The van der Waals surface area contributed by atoms with E-state index in [-0.39, 0.29) is 17.9 Å². The van der Waals surface area contributed by atoms with E-state index < -0.39 is 11.5 Å². The van der Waals surface area contributed by atoms with Gasteiger partial charge in [0, 0.05) is 19.1 Å². The Morgan fingerprint density at radius 1 is 1.50 bits per heavy atom. The number of carboxylic acids is 1. The zero-order valence-corrected chi connectivity index (χ0v) is 9.69. The minimum atomic E-state index is -0.738. The molecule has 1 aliphatic carbocycles. The second-order valence-electron chi connectivity index (χ2n) is 5.10. The Balaban J connectivity index is 2.14. The average molecular weight is 226 g/mol. The molecule has 1 heterocycles. The Morgan fingerprint density at radius 2 is 2.19 bits per heavy atom. The van der Waals surface area contributed by atoms with Crippen molar-refractivity contribution in [1.82, 2.24) is 10.2 Å². The van der Waals surface area contributed by atoms with Crippen LogP contribution in [0.25, 0.3) is 0 Å². The minimum Gasteiger partial charge on any atom is -0.481 e. The van der Waals surface area contributed by atoms with E-state index in [2.05, 4.69) is 5.32 Å². The molecule has 0 spiro atoms. The molecule has 0 aromatic carbocycles. The highest BCUT2D eigenvalue weighted by Crippen LogP contribution is 2.36. The van der Waals surface area contributed by atoms with Crippen molar-refractivity contribution in [3.05, 3.63) is 0 Å². The van der Waals surface area contributed by atoms with Crippen LogP contribution >= 0.6 is 0 Å². The molecule has 5 nitrogen and oxygen atoms in total. The van der Waals surface area contributed by atoms with Gasteiger partial charge in [-0.1, -0.05) is 0 Å². The summed E-state index contributed by atoms with van der Waals surface area (Å²) in [4.78, 5) is 24.8. The number of nitrogens with zero attached hydrogens (tertiary/aromatic N) is 1. The molecule has 2 atom stereocenters. The monoisotopic (exact) mass is 226 g/mol. The Morgan fingerprint density at radius 3 is 2.69 bits per heavy atom. The smallest absolute Gasteiger partial charge is 0.308 e. The fourth-order valence-corrected chi connectivity index (χ4v) is 2.64. The summed E-state index contributed by atoms with van der Waals surface area (Å²) in [5.74, 6) is -1.04. The van der Waals surface area contributed by atoms with Crippen LogP contribution in [0.2, 0.25) is 0 Å². The predicted octanol–water partition coefficient (Wildman–Crippen LogP) is 0.0600. The lowest BCUT2D eigenvalue weighted by atomic mass is 9.76. The van der Waals surface area contributed by atoms with Gasteiger partial charge in [0.25, 0.3) is 0 Å². The van der Waals surface area contributed by atoms with Crippen LogP contribution in [-0.4, -0.2) is 46.6 Å². The number of piperazine rings is 1. The van der Waals surface area contributed by atoms with E-state index in [1.54, 1.807) is 0 Å². The van der Waals surface area contributed by atoms with Crippen molar-refractivity contribution in [3.63, 3.8) is 0 Å². The SMILES string of the molecule is CC1(C)C(=O)NCCN1C1CCC1C(=O)O. The summed E-state index contributed by atoms with van der Waals surface area (Å²) in [5, 5.41) is 11.9. The first-order valence-corrected chi connectivity index (χ1v) is 5.72. The molecule has 2 N–H and O–H groups in total. The first-order valence-electron chi connectivity index (χ1n) is 5.72. The van der Waals surface area contributed by atoms with Crippen molar-refractivity contribution in [2.45, 2.75) is 38.3 Å². The molecular weight excluding hydrogens is 208 g/mol. The normalized spacial score (nSPS) is 34.0. The molecule has 2 fully saturated rings. The van der Waals surface area contributed by atoms with Gasteiger partial charge in [-0.2, -0.15) is 0 Å². The lowest BCUT2D eigenvalue weighted by Gasteiger charge is -2.51. The number of aliphatic carboxylic acids is 1. The molecule has 1 aliphatic heterocycles. The van der Waals surface area contributed by atoms with Gasteiger partial charge in [0.05, 0.1) is 11.5 Å². The molecule has 2 unspecified atom stereocenters. The van der Waals surface area contributed by atoms with Crippen molar-refractivity contribution in [2.75, 3.05) is 13.1 Å². The summed E-state index contributed by atoms with van der Waals surface area (Å²) in [6, 6.07) is 0.0264. The molecule has 1 saturated carbocycles. The highest BCUT2D eigenvalue weighted by molar-refractivity contribution is 5.86. The van der Waals surface area contributed by atoms with Crippen LogP contribution in [-0.2, 0) is 9.59 Å². The van der Waals surface area contributed by atoms with E-state index in [1.165, 1.54) is 0 Å². The Kier molecular flexibility index (Phi) is 2.66. The first kappa shape index (κ1) is 11.4. The summed E-state index contributed by atoms with van der Waals surface area (Å²) in [6.45, 7) is 5.08. The third-order valence-electron chi connectivity index (χ3n) is 3.87. The van der Waals surface area contributed by atoms with Crippen molar-refractivity contribution in [2.24, 2.45) is 5.92 Å². The van der Waals surface area contributed by atoms with Gasteiger partial charge in [0.15, 0.2) is 0 Å². The molecule has 0 radical (unpaired) electrons. The zero-order valence-electron chi connectivity index (χ0n) is 9.69. The van der Waals surface area contributed by atoms with Crippen LogP contribution in [0.15, 0.2) is 0 Å². The number of hydrogen-bond donors (Lipinski definition) is 2. The number of amides is 1. The predicted molar refractivity (Wildman–Crippen MR) is 57.9 cm³/mol. The second-order valence-corrected chi connectivity index (χ2v) is 5.10. The van der Waals surface area contributed by atoms with Crippen LogP contribution in [0.1, 0.15) is 26.7 Å². The summed E-state index contributed by atoms with van der Waals surface area (Å²) < 4.78 is 0. The Hall–Kier alpha value is -1.10. The Labute approximate surface area is 94.8 Å². The van der Waals surface area contributed by atoms with E-state index in [0.717, 1.165) is 19.4 Å². The number of carbonyl (C=O) groups is 2. The van der Waals surface area contributed by atoms with E-state index in [9.17, 15) is 9.59 Å². The highest BCUT2D eigenvalue weighted by Gasteiger charge is 2.48. The van der Waals surface area contributed by atoms with E-state index >= 15 is 0 Å². The lowest BCUT2D eigenvalue weighted by molar-refractivity contribution is -0.156. The van der Waals surface area contributed by atoms with Gasteiger partial charge >= 0.3 is 5.97 Å². The van der Waals surface area contributed by atoms with Crippen molar-refractivity contribution < 1.29 is 14.7 Å². The summed E-state index contributed by atoms with van der Waals surface area (Å²) >= 11 is 0. The molecule has 0 aromatic rings. The molecule has 2 aliphatic rings. The van der Waals surface area contributed by atoms with Crippen molar-refractivity contribution in [3.8, 4) is 0 Å². The Bertz CT molecular complexity index is 327. The van der Waals surface area contributed by atoms with Crippen molar-refractivity contribution in [1.29, 1.82) is 0 Å². The maximum Gasteiger partial charge on any atom is 0.308 e. The molecule has 2 rings (SSSR count). The molecule has 0 bridgehead atoms. The number of carbonyl (C=O) groups excluding carboxylic acids is 1.